The van der Waals surface area contributed by atoms with E-state index in [9.17, 15) is 4.79 Å². The second-order valence-electron chi connectivity index (χ2n) is 4.47. The Morgan fingerprint density at radius 3 is 2.93 bits per heavy atom. The molecule has 4 heteroatoms. The van der Waals surface area contributed by atoms with Crippen LogP contribution in [0.3, 0.4) is 0 Å². The van der Waals surface area contributed by atoms with Crippen LogP contribution in [0.1, 0.15) is 32.6 Å². The predicted octanol–water partition coefficient (Wildman–Crippen LogP) is 0.358. The molecule has 0 saturated carbocycles. The molecule has 2 unspecified atom stereocenters. The zero-order valence-electron chi connectivity index (χ0n) is 9.70. The van der Waals surface area contributed by atoms with Gasteiger partial charge in [-0.2, -0.15) is 0 Å². The molecule has 1 heterocycles. The van der Waals surface area contributed by atoms with Crippen LogP contribution in [0.5, 0.6) is 0 Å². The quantitative estimate of drug-likeness (QED) is 0.694. The number of hydrogen-bond donors (Lipinski definition) is 2. The Balaban J connectivity index is 2.11. The smallest absolute Gasteiger partial charge is 0.220 e. The highest BCUT2D eigenvalue weighted by Gasteiger charge is 2.20. The molecule has 0 aromatic rings. The van der Waals surface area contributed by atoms with Gasteiger partial charge in [-0.15, -0.1) is 0 Å². The van der Waals surface area contributed by atoms with Gasteiger partial charge in [0.25, 0.3) is 0 Å². The summed E-state index contributed by atoms with van der Waals surface area (Å²) in [5.41, 5.74) is 0. The van der Waals surface area contributed by atoms with E-state index in [0.717, 1.165) is 13.1 Å². The van der Waals surface area contributed by atoms with Gasteiger partial charge >= 0.3 is 0 Å². The summed E-state index contributed by atoms with van der Waals surface area (Å²) in [6.45, 7) is 3.58. The Kier molecular flexibility index (Phi) is 5.05. The van der Waals surface area contributed by atoms with E-state index in [4.69, 9.17) is 5.11 Å². The zero-order chi connectivity index (χ0) is 11.3. The van der Waals surface area contributed by atoms with Gasteiger partial charge in [0.15, 0.2) is 0 Å². The molecule has 0 aromatic heterocycles. The highest BCUT2D eigenvalue weighted by molar-refractivity contribution is 5.75. The van der Waals surface area contributed by atoms with Crippen LogP contribution in [-0.2, 0) is 4.79 Å². The third-order valence-corrected chi connectivity index (χ3v) is 3.00. The SMILES string of the molecule is CC(O)CCC(=O)NCC1CCCN1C. The van der Waals surface area contributed by atoms with Crippen molar-refractivity contribution in [2.24, 2.45) is 0 Å². The average Bonchev–Trinajstić information content (AvgIpc) is 2.58. The lowest BCUT2D eigenvalue weighted by Crippen LogP contribution is -2.38. The first kappa shape index (κ1) is 12.5. The molecule has 0 radical (unpaired) electrons. The van der Waals surface area contributed by atoms with Crippen LogP contribution < -0.4 is 5.32 Å². The third kappa shape index (κ3) is 4.62. The molecule has 15 heavy (non-hydrogen) atoms. The van der Waals surface area contributed by atoms with Gasteiger partial charge in [0.05, 0.1) is 6.10 Å². The lowest BCUT2D eigenvalue weighted by molar-refractivity contribution is -0.121. The van der Waals surface area contributed by atoms with Crippen molar-refractivity contribution in [1.29, 1.82) is 0 Å². The molecule has 2 N–H and O–H groups in total. The zero-order valence-corrected chi connectivity index (χ0v) is 9.70. The van der Waals surface area contributed by atoms with Gasteiger partial charge in [0.1, 0.15) is 0 Å². The van der Waals surface area contributed by atoms with E-state index < -0.39 is 0 Å². The van der Waals surface area contributed by atoms with E-state index in [1.807, 2.05) is 0 Å². The summed E-state index contributed by atoms with van der Waals surface area (Å²) in [6.07, 6.45) is 2.99. The van der Waals surface area contributed by atoms with Crippen molar-refractivity contribution in [3.05, 3.63) is 0 Å². The Labute approximate surface area is 91.6 Å². The van der Waals surface area contributed by atoms with E-state index >= 15 is 0 Å². The van der Waals surface area contributed by atoms with E-state index in [1.165, 1.54) is 12.8 Å². The van der Waals surface area contributed by atoms with Gasteiger partial charge in [-0.05, 0) is 39.8 Å². The normalized spacial score (nSPS) is 24.1. The van der Waals surface area contributed by atoms with Crippen molar-refractivity contribution in [1.82, 2.24) is 10.2 Å². The molecule has 0 aromatic carbocycles. The number of carbonyl (C=O) groups is 1. The summed E-state index contributed by atoms with van der Waals surface area (Å²) in [5.74, 6) is 0.0520. The molecule has 1 saturated heterocycles. The predicted molar refractivity (Wildman–Crippen MR) is 59.6 cm³/mol. The van der Waals surface area contributed by atoms with Crippen LogP contribution in [-0.4, -0.2) is 48.2 Å². The Morgan fingerprint density at radius 1 is 1.67 bits per heavy atom. The van der Waals surface area contributed by atoms with Crippen molar-refractivity contribution in [2.45, 2.75) is 44.8 Å². The van der Waals surface area contributed by atoms with Crippen molar-refractivity contribution in [3.8, 4) is 0 Å². The minimum Gasteiger partial charge on any atom is -0.393 e. The molecule has 0 bridgehead atoms. The molecule has 2 atom stereocenters. The second kappa shape index (κ2) is 6.08. The van der Waals surface area contributed by atoms with Crippen LogP contribution >= 0.6 is 0 Å². The summed E-state index contributed by atoms with van der Waals surface area (Å²) in [4.78, 5) is 13.7. The number of aliphatic hydroxyl groups excluding tert-OH is 1. The van der Waals surface area contributed by atoms with Gasteiger partial charge in [-0.25, -0.2) is 0 Å². The molecule has 0 spiro atoms. The van der Waals surface area contributed by atoms with E-state index in [0.29, 0.717) is 18.9 Å². The number of nitrogens with zero attached hydrogens (tertiary/aromatic N) is 1. The average molecular weight is 214 g/mol. The molecular formula is C11H22N2O2. The summed E-state index contributed by atoms with van der Waals surface area (Å²) in [5, 5.41) is 12.0. The molecule has 88 valence electrons. The van der Waals surface area contributed by atoms with E-state index in [-0.39, 0.29) is 12.0 Å². The number of aliphatic hydroxyl groups is 1. The number of nitrogens with one attached hydrogen (secondary N) is 1. The van der Waals surface area contributed by atoms with Gasteiger partial charge in [-0.1, -0.05) is 0 Å². The minimum absolute atomic E-state index is 0.0520. The van der Waals surface area contributed by atoms with E-state index in [1.54, 1.807) is 6.92 Å². The lowest BCUT2D eigenvalue weighted by atomic mass is 10.2. The molecule has 1 aliphatic heterocycles. The van der Waals surface area contributed by atoms with Crippen LogP contribution in [0.4, 0.5) is 0 Å². The maximum atomic E-state index is 11.4. The largest absolute Gasteiger partial charge is 0.393 e. The van der Waals surface area contributed by atoms with Crippen LogP contribution in [0.15, 0.2) is 0 Å². The standard InChI is InChI=1S/C11H22N2O2/c1-9(14)5-6-11(15)12-8-10-4-3-7-13(10)2/h9-10,14H,3-8H2,1-2H3,(H,12,15). The Bertz CT molecular complexity index is 207. The van der Waals surface area contributed by atoms with Gasteiger partial charge in [0.2, 0.25) is 5.91 Å². The van der Waals surface area contributed by atoms with Crippen molar-refractivity contribution in [2.75, 3.05) is 20.1 Å². The second-order valence-corrected chi connectivity index (χ2v) is 4.47. The van der Waals surface area contributed by atoms with E-state index in [2.05, 4.69) is 17.3 Å². The Morgan fingerprint density at radius 2 is 2.40 bits per heavy atom. The number of likely N-dealkylation sites (N-methyl/N-ethyl adjacent to an activating group) is 1. The van der Waals surface area contributed by atoms with Crippen molar-refractivity contribution in [3.63, 3.8) is 0 Å². The molecule has 1 fully saturated rings. The number of hydrogen-bond acceptors (Lipinski definition) is 3. The fourth-order valence-corrected chi connectivity index (χ4v) is 1.90. The topological polar surface area (TPSA) is 52.6 Å². The van der Waals surface area contributed by atoms with Gasteiger partial charge < -0.3 is 15.3 Å². The first-order valence-corrected chi connectivity index (χ1v) is 5.74. The minimum atomic E-state index is -0.384. The van der Waals surface area contributed by atoms with Crippen molar-refractivity contribution >= 4 is 5.91 Å². The van der Waals surface area contributed by atoms with Crippen LogP contribution in [0, 0.1) is 0 Å². The fraction of sp³-hybridized carbons (Fsp3) is 0.909. The number of amides is 1. The molecule has 1 aliphatic rings. The maximum absolute atomic E-state index is 11.4. The van der Waals surface area contributed by atoms with Crippen LogP contribution in [0.2, 0.25) is 0 Å². The fourth-order valence-electron chi connectivity index (χ4n) is 1.90. The third-order valence-electron chi connectivity index (χ3n) is 3.00. The summed E-state index contributed by atoms with van der Waals surface area (Å²) in [6, 6.07) is 0.500. The summed E-state index contributed by atoms with van der Waals surface area (Å²) in [7, 11) is 2.10. The first-order chi connectivity index (χ1) is 7.09. The maximum Gasteiger partial charge on any atom is 0.220 e. The summed E-state index contributed by atoms with van der Waals surface area (Å²) >= 11 is 0. The first-order valence-electron chi connectivity index (χ1n) is 5.74. The summed E-state index contributed by atoms with van der Waals surface area (Å²) < 4.78 is 0. The highest BCUT2D eigenvalue weighted by Crippen LogP contribution is 2.13. The Hall–Kier alpha value is -0.610. The van der Waals surface area contributed by atoms with Gasteiger partial charge in [-0.3, -0.25) is 4.79 Å². The number of carbonyl (C=O) groups excluding carboxylic acids is 1. The monoisotopic (exact) mass is 214 g/mol. The van der Waals surface area contributed by atoms with Crippen molar-refractivity contribution < 1.29 is 9.90 Å². The molecule has 1 rings (SSSR count). The molecule has 0 aliphatic carbocycles. The molecule has 1 amide bonds. The van der Waals surface area contributed by atoms with Crippen LogP contribution in [0.25, 0.3) is 0 Å². The number of likely N-dealkylation sites (tertiary alicyclic amines) is 1. The molecular weight excluding hydrogens is 192 g/mol. The molecule has 4 nitrogen and oxygen atoms in total. The lowest BCUT2D eigenvalue weighted by Gasteiger charge is -2.19. The highest BCUT2D eigenvalue weighted by atomic mass is 16.3. The number of rotatable bonds is 5. The van der Waals surface area contributed by atoms with Gasteiger partial charge in [0, 0.05) is 19.0 Å².